The zero-order chi connectivity index (χ0) is 20.1. The Bertz CT molecular complexity index is 1160. The Labute approximate surface area is 157 Å². The van der Waals surface area contributed by atoms with E-state index < -0.39 is 17.8 Å². The van der Waals surface area contributed by atoms with Gasteiger partial charge >= 0.3 is 6.18 Å². The average Bonchev–Trinajstić information content (AvgIpc) is 3.26. The highest BCUT2D eigenvalue weighted by Crippen LogP contribution is 2.27. The van der Waals surface area contributed by atoms with Gasteiger partial charge in [-0.25, -0.2) is 19.3 Å². The van der Waals surface area contributed by atoms with E-state index in [9.17, 15) is 17.6 Å². The third kappa shape index (κ3) is 3.25. The van der Waals surface area contributed by atoms with Crippen molar-refractivity contribution in [3.8, 4) is 11.5 Å². The molecule has 0 fully saturated rings. The molecule has 0 atom stereocenters. The molecule has 1 aromatic carbocycles. The van der Waals surface area contributed by atoms with Crippen molar-refractivity contribution in [1.29, 1.82) is 0 Å². The molecule has 0 aliphatic carbocycles. The van der Waals surface area contributed by atoms with Crippen LogP contribution in [-0.2, 0) is 12.6 Å². The predicted octanol–water partition coefficient (Wildman–Crippen LogP) is 0.851. The number of hydrogen-bond acceptors (Lipinski definition) is 4. The monoisotopic (exact) mass is 382 g/mol. The fourth-order valence-corrected chi connectivity index (χ4v) is 2.76. The van der Waals surface area contributed by atoms with Gasteiger partial charge in [0.1, 0.15) is 27.2 Å². The van der Waals surface area contributed by atoms with E-state index in [2.05, 4.69) is 20.1 Å². The second kappa shape index (κ2) is 6.47. The number of rotatable bonds is 3. The smallest absolute Gasteiger partial charge is 0.303 e. The number of H-pyrrole nitrogens is 1. The molecule has 0 aliphatic rings. The fraction of sp³-hybridized carbons (Fsp3) is 0.125. The predicted molar refractivity (Wildman–Crippen MR) is 93.3 cm³/mol. The van der Waals surface area contributed by atoms with Crippen LogP contribution in [0.3, 0.4) is 0 Å². The summed E-state index contributed by atoms with van der Waals surface area (Å²) in [6.07, 6.45) is -0.244. The SMILES string of the molecule is [B]c1cc([B])c(Cc2nc(-c3n[nH]c(C(F)(F)F)n3)cn3ccnc23)c(F)c1. The van der Waals surface area contributed by atoms with Crippen molar-refractivity contribution in [2.75, 3.05) is 0 Å². The lowest BCUT2D eigenvalue weighted by Gasteiger charge is -2.11. The molecule has 6 nitrogen and oxygen atoms in total. The van der Waals surface area contributed by atoms with Crippen LogP contribution in [-0.4, -0.2) is 45.2 Å². The van der Waals surface area contributed by atoms with Crippen molar-refractivity contribution in [2.24, 2.45) is 0 Å². The second-order valence-electron chi connectivity index (χ2n) is 5.98. The standard InChI is InChI=1S/C16H8B2F4N6/c17-7-3-9(18)8(10(19)4-7)5-11-14-23-1-2-28(14)6-12(24-11)13-25-15(27-26-13)16(20,21)22/h1-4,6H,5H2,(H,25,26,27). The lowest BCUT2D eigenvalue weighted by molar-refractivity contribution is -0.144. The van der Waals surface area contributed by atoms with Gasteiger partial charge in [0.05, 0.1) is 5.69 Å². The molecule has 0 amide bonds. The van der Waals surface area contributed by atoms with Crippen LogP contribution in [0.2, 0.25) is 0 Å². The van der Waals surface area contributed by atoms with E-state index in [-0.39, 0.29) is 40.1 Å². The van der Waals surface area contributed by atoms with Crippen LogP contribution in [0.5, 0.6) is 0 Å². The van der Waals surface area contributed by atoms with Gasteiger partial charge in [0.15, 0.2) is 5.65 Å². The lowest BCUT2D eigenvalue weighted by atomic mass is 9.82. The molecule has 4 rings (SSSR count). The maximum absolute atomic E-state index is 14.3. The normalized spacial score (nSPS) is 12.0. The molecule has 12 heteroatoms. The van der Waals surface area contributed by atoms with Gasteiger partial charge < -0.3 is 4.40 Å². The highest BCUT2D eigenvalue weighted by Gasteiger charge is 2.35. The van der Waals surface area contributed by atoms with Crippen LogP contribution in [0.15, 0.2) is 30.7 Å². The van der Waals surface area contributed by atoms with E-state index in [1.165, 1.54) is 22.9 Å². The van der Waals surface area contributed by atoms with Crippen molar-refractivity contribution >= 4 is 32.3 Å². The van der Waals surface area contributed by atoms with E-state index in [0.29, 0.717) is 5.65 Å². The molecule has 4 radical (unpaired) electrons. The highest BCUT2D eigenvalue weighted by atomic mass is 19.4. The Morgan fingerprint density at radius 2 is 1.93 bits per heavy atom. The van der Waals surface area contributed by atoms with Crippen molar-refractivity contribution in [3.63, 3.8) is 0 Å². The van der Waals surface area contributed by atoms with E-state index >= 15 is 0 Å². The average molecular weight is 382 g/mol. The zero-order valence-electron chi connectivity index (χ0n) is 14.0. The van der Waals surface area contributed by atoms with Gasteiger partial charge in [0.2, 0.25) is 11.6 Å². The molecule has 3 heterocycles. The van der Waals surface area contributed by atoms with Crippen LogP contribution in [0.1, 0.15) is 17.1 Å². The third-order valence-corrected chi connectivity index (χ3v) is 4.02. The van der Waals surface area contributed by atoms with E-state index in [1.807, 2.05) is 5.10 Å². The highest BCUT2D eigenvalue weighted by molar-refractivity contribution is 6.38. The van der Waals surface area contributed by atoms with E-state index in [1.54, 1.807) is 6.20 Å². The summed E-state index contributed by atoms with van der Waals surface area (Å²) in [5.74, 6) is -2.12. The van der Waals surface area contributed by atoms with Crippen molar-refractivity contribution in [1.82, 2.24) is 29.5 Å². The molecule has 0 unspecified atom stereocenters. The summed E-state index contributed by atoms with van der Waals surface area (Å²) in [4.78, 5) is 11.9. The molecule has 0 saturated heterocycles. The minimum absolute atomic E-state index is 0.0527. The maximum atomic E-state index is 14.3. The van der Waals surface area contributed by atoms with Gasteiger partial charge in [-0.3, -0.25) is 5.10 Å². The third-order valence-electron chi connectivity index (χ3n) is 4.02. The van der Waals surface area contributed by atoms with Crippen LogP contribution in [0.4, 0.5) is 17.6 Å². The minimum Gasteiger partial charge on any atom is -0.303 e. The minimum atomic E-state index is -4.67. The summed E-state index contributed by atoms with van der Waals surface area (Å²) in [6, 6.07) is 2.54. The summed E-state index contributed by atoms with van der Waals surface area (Å²) < 4.78 is 54.2. The Kier molecular flexibility index (Phi) is 4.20. The van der Waals surface area contributed by atoms with Crippen LogP contribution in [0.25, 0.3) is 17.2 Å². The molecule has 28 heavy (non-hydrogen) atoms. The van der Waals surface area contributed by atoms with Gasteiger partial charge in [0, 0.05) is 25.0 Å². The number of alkyl halides is 3. The number of hydrogen-bond donors (Lipinski definition) is 1. The van der Waals surface area contributed by atoms with Gasteiger partial charge in [-0.2, -0.15) is 18.3 Å². The molecular weight excluding hydrogens is 374 g/mol. The summed E-state index contributed by atoms with van der Waals surface area (Å²) in [7, 11) is 11.4. The lowest BCUT2D eigenvalue weighted by Crippen LogP contribution is -2.21. The molecule has 0 spiro atoms. The Morgan fingerprint density at radius 3 is 2.61 bits per heavy atom. The largest absolute Gasteiger partial charge is 0.451 e. The molecule has 3 aromatic heterocycles. The molecule has 4 aromatic rings. The molecule has 1 N–H and O–H groups in total. The summed E-state index contributed by atoms with van der Waals surface area (Å²) >= 11 is 0. The maximum Gasteiger partial charge on any atom is 0.451 e. The summed E-state index contributed by atoms with van der Waals surface area (Å²) in [6.45, 7) is 0. The van der Waals surface area contributed by atoms with Crippen molar-refractivity contribution < 1.29 is 17.6 Å². The van der Waals surface area contributed by atoms with Crippen molar-refractivity contribution in [2.45, 2.75) is 12.6 Å². The Hall–Kier alpha value is -3.17. The van der Waals surface area contributed by atoms with Crippen LogP contribution < -0.4 is 10.9 Å². The van der Waals surface area contributed by atoms with Gasteiger partial charge in [-0.05, 0) is 11.6 Å². The number of aromatic amines is 1. The van der Waals surface area contributed by atoms with Gasteiger partial charge in [-0.1, -0.05) is 17.0 Å². The van der Waals surface area contributed by atoms with E-state index in [0.717, 1.165) is 6.07 Å². The van der Waals surface area contributed by atoms with E-state index in [4.69, 9.17) is 15.7 Å². The van der Waals surface area contributed by atoms with Crippen LogP contribution >= 0.6 is 0 Å². The first-order valence-corrected chi connectivity index (χ1v) is 7.88. The summed E-state index contributed by atoms with van der Waals surface area (Å²) in [5.41, 5.74) is 1.19. The zero-order valence-corrected chi connectivity index (χ0v) is 14.0. The second-order valence-corrected chi connectivity index (χ2v) is 5.98. The van der Waals surface area contributed by atoms with Gasteiger partial charge in [-0.15, -0.1) is 0 Å². The number of nitrogens with zero attached hydrogens (tertiary/aromatic N) is 5. The Morgan fingerprint density at radius 1 is 1.14 bits per heavy atom. The van der Waals surface area contributed by atoms with Crippen LogP contribution in [0, 0.1) is 5.82 Å². The molecule has 0 aliphatic heterocycles. The summed E-state index contributed by atoms with van der Waals surface area (Å²) in [5, 5.41) is 5.41. The number of benzene rings is 1. The molecule has 136 valence electrons. The topological polar surface area (TPSA) is 71.8 Å². The quantitative estimate of drug-likeness (QED) is 0.422. The fourth-order valence-electron chi connectivity index (χ4n) is 2.76. The number of halogens is 4. The Balaban J connectivity index is 1.81. The number of nitrogens with one attached hydrogen (secondary N) is 1. The molecular formula is C16H8B2F4N6. The first-order valence-electron chi connectivity index (χ1n) is 7.88. The van der Waals surface area contributed by atoms with Crippen molar-refractivity contribution in [3.05, 3.63) is 53.6 Å². The molecule has 0 saturated carbocycles. The number of aromatic nitrogens is 6. The first-order chi connectivity index (χ1) is 13.2. The first kappa shape index (κ1) is 18.2. The number of fused-ring (bicyclic) bond motifs is 1. The molecule has 0 bridgehead atoms. The number of imidazole rings is 1. The van der Waals surface area contributed by atoms with Gasteiger partial charge in [0.25, 0.3) is 0 Å².